The Balaban J connectivity index is 1.62. The number of carbonyl (C=O) groups is 3. The van der Waals surface area contributed by atoms with Crippen LogP contribution in [-0.2, 0) is 16.0 Å². The summed E-state index contributed by atoms with van der Waals surface area (Å²) in [5, 5.41) is 2.73. The zero-order valence-electron chi connectivity index (χ0n) is 16.7. The smallest absolute Gasteiger partial charge is 0.335 e. The van der Waals surface area contributed by atoms with E-state index in [0.29, 0.717) is 10.7 Å². The lowest BCUT2D eigenvalue weighted by Crippen LogP contribution is -2.54. The van der Waals surface area contributed by atoms with Crippen LogP contribution in [0.15, 0.2) is 48.0 Å². The first-order valence-electron chi connectivity index (χ1n) is 10.0. The van der Waals surface area contributed by atoms with Crippen LogP contribution in [0.25, 0.3) is 6.08 Å². The van der Waals surface area contributed by atoms with Gasteiger partial charge in [0.2, 0.25) is 0 Å². The van der Waals surface area contributed by atoms with Gasteiger partial charge < -0.3 is 4.90 Å². The number of urea groups is 1. The molecule has 7 heteroatoms. The van der Waals surface area contributed by atoms with E-state index in [2.05, 4.69) is 17.1 Å². The number of benzene rings is 2. The zero-order chi connectivity index (χ0) is 21.3. The summed E-state index contributed by atoms with van der Waals surface area (Å²) >= 11 is 5.89. The normalized spacial score (nSPS) is 17.5. The van der Waals surface area contributed by atoms with Gasteiger partial charge in [-0.05, 0) is 66.4 Å². The number of rotatable bonds is 5. The number of nitrogens with one attached hydrogen (secondary N) is 1. The fourth-order valence-corrected chi connectivity index (χ4v) is 3.94. The second kappa shape index (κ2) is 8.32. The first kappa shape index (κ1) is 20.2. The Labute approximate surface area is 180 Å². The van der Waals surface area contributed by atoms with Gasteiger partial charge in [-0.1, -0.05) is 31.0 Å². The van der Waals surface area contributed by atoms with Crippen LogP contribution in [0.1, 0.15) is 30.9 Å². The third-order valence-electron chi connectivity index (χ3n) is 5.37. The summed E-state index contributed by atoms with van der Waals surface area (Å²) < 4.78 is 0. The standard InChI is InChI=1S/C23H22ClN3O3/c1-2-3-11-26-12-10-16-13-15(4-9-20(16)26)14-19-21(28)25-23(30)27(22(19)29)18-7-5-17(24)6-8-18/h4-9,13-14H,2-3,10-12H2,1H3,(H,25,28,30)/b19-14-. The van der Waals surface area contributed by atoms with Crippen LogP contribution in [0.5, 0.6) is 0 Å². The van der Waals surface area contributed by atoms with Crippen molar-refractivity contribution in [2.24, 2.45) is 0 Å². The van der Waals surface area contributed by atoms with Crippen molar-refractivity contribution in [3.63, 3.8) is 0 Å². The SMILES string of the molecule is CCCCN1CCc2cc(/C=C3/C(=O)NC(=O)N(c4ccc(Cl)cc4)C3=O)ccc21. The molecule has 1 fully saturated rings. The summed E-state index contributed by atoms with van der Waals surface area (Å²) in [5.41, 5.74) is 3.44. The minimum atomic E-state index is -0.773. The quantitative estimate of drug-likeness (QED) is 0.578. The molecule has 2 heterocycles. The maximum absolute atomic E-state index is 13.0. The monoisotopic (exact) mass is 423 g/mol. The molecule has 0 aromatic heterocycles. The predicted octanol–water partition coefficient (Wildman–Crippen LogP) is 4.17. The third kappa shape index (κ3) is 3.83. The molecular formula is C23H22ClN3O3. The first-order chi connectivity index (χ1) is 14.5. The highest BCUT2D eigenvalue weighted by Gasteiger charge is 2.36. The minimum Gasteiger partial charge on any atom is -0.371 e. The number of fused-ring (bicyclic) bond motifs is 1. The molecule has 0 atom stereocenters. The summed E-state index contributed by atoms with van der Waals surface area (Å²) in [5.74, 6) is -1.35. The highest BCUT2D eigenvalue weighted by molar-refractivity contribution is 6.39. The summed E-state index contributed by atoms with van der Waals surface area (Å²) in [6.45, 7) is 4.19. The van der Waals surface area contributed by atoms with Crippen LogP contribution in [-0.4, -0.2) is 30.9 Å². The molecule has 2 aliphatic rings. The molecular weight excluding hydrogens is 402 g/mol. The Hall–Kier alpha value is -3.12. The molecule has 30 heavy (non-hydrogen) atoms. The number of amides is 4. The lowest BCUT2D eigenvalue weighted by atomic mass is 10.0. The van der Waals surface area contributed by atoms with Crippen molar-refractivity contribution in [2.45, 2.75) is 26.2 Å². The second-order valence-corrected chi connectivity index (χ2v) is 7.85. The molecule has 2 aliphatic heterocycles. The van der Waals surface area contributed by atoms with Crippen LogP contribution in [0.2, 0.25) is 5.02 Å². The predicted molar refractivity (Wildman–Crippen MR) is 118 cm³/mol. The molecule has 6 nitrogen and oxygen atoms in total. The van der Waals surface area contributed by atoms with E-state index in [1.807, 2.05) is 18.2 Å². The molecule has 4 rings (SSSR count). The molecule has 0 radical (unpaired) electrons. The van der Waals surface area contributed by atoms with E-state index < -0.39 is 17.8 Å². The first-order valence-corrected chi connectivity index (χ1v) is 10.4. The second-order valence-electron chi connectivity index (χ2n) is 7.41. The van der Waals surface area contributed by atoms with Crippen molar-refractivity contribution in [3.8, 4) is 0 Å². The van der Waals surface area contributed by atoms with Crippen LogP contribution in [0.3, 0.4) is 0 Å². The third-order valence-corrected chi connectivity index (χ3v) is 5.63. The maximum Gasteiger partial charge on any atom is 0.335 e. The molecule has 0 aliphatic carbocycles. The molecule has 1 saturated heterocycles. The van der Waals surface area contributed by atoms with E-state index in [4.69, 9.17) is 11.6 Å². The molecule has 0 unspecified atom stereocenters. The number of carbonyl (C=O) groups excluding carboxylic acids is 3. The van der Waals surface area contributed by atoms with Gasteiger partial charge in [0.15, 0.2) is 0 Å². The molecule has 0 spiro atoms. The van der Waals surface area contributed by atoms with Crippen LogP contribution in [0.4, 0.5) is 16.2 Å². The van der Waals surface area contributed by atoms with Gasteiger partial charge in [0.05, 0.1) is 5.69 Å². The summed E-state index contributed by atoms with van der Waals surface area (Å²) in [6.07, 6.45) is 4.78. The number of nitrogens with zero attached hydrogens (tertiary/aromatic N) is 2. The van der Waals surface area contributed by atoms with Crippen molar-refractivity contribution in [1.29, 1.82) is 0 Å². The van der Waals surface area contributed by atoms with Crippen LogP contribution in [0, 0.1) is 0 Å². The van der Waals surface area contributed by atoms with E-state index >= 15 is 0 Å². The summed E-state index contributed by atoms with van der Waals surface area (Å²) in [4.78, 5) is 41.0. The molecule has 2 aromatic carbocycles. The van der Waals surface area contributed by atoms with Crippen molar-refractivity contribution in [2.75, 3.05) is 22.9 Å². The van der Waals surface area contributed by atoms with E-state index in [9.17, 15) is 14.4 Å². The fourth-order valence-electron chi connectivity index (χ4n) is 3.81. The van der Waals surface area contributed by atoms with Gasteiger partial charge in [0.1, 0.15) is 5.57 Å². The summed E-state index contributed by atoms with van der Waals surface area (Å²) in [6, 6.07) is 11.5. The van der Waals surface area contributed by atoms with Crippen LogP contribution >= 0.6 is 11.6 Å². The van der Waals surface area contributed by atoms with Gasteiger partial charge in [0.25, 0.3) is 11.8 Å². The van der Waals surface area contributed by atoms with Gasteiger partial charge in [-0.3, -0.25) is 14.9 Å². The van der Waals surface area contributed by atoms with Gasteiger partial charge >= 0.3 is 6.03 Å². The lowest BCUT2D eigenvalue weighted by molar-refractivity contribution is -0.122. The Bertz CT molecular complexity index is 1050. The number of anilines is 2. The average Bonchev–Trinajstić information content (AvgIpc) is 3.13. The van der Waals surface area contributed by atoms with E-state index in [0.717, 1.165) is 42.8 Å². The molecule has 4 amide bonds. The maximum atomic E-state index is 13.0. The van der Waals surface area contributed by atoms with Gasteiger partial charge in [-0.25, -0.2) is 9.69 Å². The Morgan fingerprint density at radius 3 is 2.60 bits per heavy atom. The largest absolute Gasteiger partial charge is 0.371 e. The minimum absolute atomic E-state index is 0.0784. The van der Waals surface area contributed by atoms with Gasteiger partial charge in [0, 0.05) is 23.8 Å². The topological polar surface area (TPSA) is 69.7 Å². The fraction of sp³-hybridized carbons (Fsp3) is 0.261. The van der Waals surface area contributed by atoms with E-state index in [-0.39, 0.29) is 5.57 Å². The van der Waals surface area contributed by atoms with Crippen LogP contribution < -0.4 is 15.1 Å². The molecule has 0 bridgehead atoms. The van der Waals surface area contributed by atoms with E-state index in [1.165, 1.54) is 11.3 Å². The van der Waals surface area contributed by atoms with E-state index in [1.54, 1.807) is 30.3 Å². The van der Waals surface area contributed by atoms with Gasteiger partial charge in [-0.15, -0.1) is 0 Å². The van der Waals surface area contributed by atoms with Crippen molar-refractivity contribution < 1.29 is 14.4 Å². The molecule has 0 saturated carbocycles. The highest BCUT2D eigenvalue weighted by atomic mass is 35.5. The Kier molecular flexibility index (Phi) is 5.59. The Morgan fingerprint density at radius 1 is 1.10 bits per heavy atom. The lowest BCUT2D eigenvalue weighted by Gasteiger charge is -2.26. The molecule has 154 valence electrons. The van der Waals surface area contributed by atoms with Crippen molar-refractivity contribution in [3.05, 3.63) is 64.2 Å². The summed E-state index contributed by atoms with van der Waals surface area (Å²) in [7, 11) is 0. The molecule has 1 N–H and O–H groups in total. The number of halogens is 1. The Morgan fingerprint density at radius 2 is 1.87 bits per heavy atom. The zero-order valence-corrected chi connectivity index (χ0v) is 17.4. The number of barbiturate groups is 1. The number of imide groups is 2. The highest BCUT2D eigenvalue weighted by Crippen LogP contribution is 2.30. The van der Waals surface area contributed by atoms with Crippen molar-refractivity contribution >= 4 is 46.9 Å². The number of hydrogen-bond acceptors (Lipinski definition) is 4. The average molecular weight is 424 g/mol. The number of unbranched alkanes of at least 4 members (excludes halogenated alkanes) is 1. The number of hydrogen-bond donors (Lipinski definition) is 1. The van der Waals surface area contributed by atoms with Gasteiger partial charge in [-0.2, -0.15) is 0 Å². The molecule has 2 aromatic rings. The van der Waals surface area contributed by atoms with Crippen molar-refractivity contribution in [1.82, 2.24) is 5.32 Å².